The van der Waals surface area contributed by atoms with Crippen LogP contribution in [0.3, 0.4) is 0 Å². The van der Waals surface area contributed by atoms with E-state index in [1.807, 2.05) is 4.89 Å². The van der Waals surface area contributed by atoms with Crippen LogP contribution in [-0.4, -0.2) is 19.6 Å². The highest BCUT2D eigenvalue weighted by Gasteiger charge is 2.22. The molecule has 0 amide bonds. The summed E-state index contributed by atoms with van der Waals surface area (Å²) in [5.74, 6) is 0. The third-order valence-electron chi connectivity index (χ3n) is 0.898. The van der Waals surface area contributed by atoms with Gasteiger partial charge in [0.1, 0.15) is 0 Å². The standard InChI is InChI=1S/C8H20N2O3S/c1-7(2,3)9-14(11,12)10-13-8(4,5)6/h9-10H,1-6H3. The van der Waals surface area contributed by atoms with E-state index in [4.69, 9.17) is 4.84 Å². The fraction of sp³-hybridized carbons (Fsp3) is 1.00. The van der Waals surface area contributed by atoms with Crippen LogP contribution in [0, 0.1) is 0 Å². The van der Waals surface area contributed by atoms with Crippen molar-refractivity contribution in [1.29, 1.82) is 0 Å². The molecule has 0 spiro atoms. The van der Waals surface area contributed by atoms with Gasteiger partial charge in [0.15, 0.2) is 0 Å². The normalized spacial score (nSPS) is 14.4. The Bertz CT molecular complexity index is 272. The molecule has 0 bridgehead atoms. The van der Waals surface area contributed by atoms with E-state index in [0.29, 0.717) is 0 Å². The molecule has 0 aromatic carbocycles. The maximum Gasteiger partial charge on any atom is 0.299 e. The Hall–Kier alpha value is -0.170. The Balaban J connectivity index is 4.25. The van der Waals surface area contributed by atoms with E-state index >= 15 is 0 Å². The summed E-state index contributed by atoms with van der Waals surface area (Å²) in [5.41, 5.74) is -1.07. The maximum absolute atomic E-state index is 11.3. The van der Waals surface area contributed by atoms with Crippen LogP contribution >= 0.6 is 0 Å². The Morgan fingerprint density at radius 1 is 1.00 bits per heavy atom. The van der Waals surface area contributed by atoms with Crippen LogP contribution < -0.4 is 9.61 Å². The van der Waals surface area contributed by atoms with E-state index in [-0.39, 0.29) is 0 Å². The molecule has 0 aliphatic rings. The zero-order valence-corrected chi connectivity index (χ0v) is 10.4. The molecular formula is C8H20N2O3S. The van der Waals surface area contributed by atoms with E-state index < -0.39 is 21.3 Å². The molecule has 0 saturated heterocycles. The molecule has 0 rings (SSSR count). The van der Waals surface area contributed by atoms with Crippen molar-refractivity contribution in [2.24, 2.45) is 0 Å². The average molecular weight is 224 g/mol. The first-order valence-corrected chi connectivity index (χ1v) is 5.88. The lowest BCUT2D eigenvalue weighted by Gasteiger charge is -2.23. The molecule has 5 nitrogen and oxygen atoms in total. The van der Waals surface area contributed by atoms with E-state index in [2.05, 4.69) is 4.72 Å². The smallest absolute Gasteiger partial charge is 0.280 e. The molecule has 0 unspecified atom stereocenters. The van der Waals surface area contributed by atoms with Crippen molar-refractivity contribution in [2.45, 2.75) is 52.7 Å². The fourth-order valence-corrected chi connectivity index (χ4v) is 1.81. The third kappa shape index (κ3) is 8.43. The van der Waals surface area contributed by atoms with Gasteiger partial charge in [-0.3, -0.25) is 4.84 Å². The lowest BCUT2D eigenvalue weighted by molar-refractivity contribution is -0.0366. The highest BCUT2D eigenvalue weighted by Crippen LogP contribution is 2.06. The van der Waals surface area contributed by atoms with Crippen LogP contribution in [-0.2, 0) is 15.0 Å². The molecule has 0 saturated carbocycles. The lowest BCUT2D eigenvalue weighted by Crippen LogP contribution is -2.48. The van der Waals surface area contributed by atoms with Gasteiger partial charge in [-0.1, -0.05) is 4.89 Å². The van der Waals surface area contributed by atoms with Crippen molar-refractivity contribution < 1.29 is 13.3 Å². The van der Waals surface area contributed by atoms with Crippen molar-refractivity contribution >= 4 is 10.2 Å². The fourth-order valence-electron chi connectivity index (χ4n) is 0.604. The van der Waals surface area contributed by atoms with Crippen LogP contribution in [0.1, 0.15) is 41.5 Å². The second kappa shape index (κ2) is 4.14. The van der Waals surface area contributed by atoms with Crippen LogP contribution in [0.15, 0.2) is 0 Å². The molecule has 0 radical (unpaired) electrons. The Morgan fingerprint density at radius 3 is 1.71 bits per heavy atom. The summed E-state index contributed by atoms with van der Waals surface area (Å²) in [6.45, 7) is 10.5. The second-order valence-corrected chi connectivity index (χ2v) is 6.53. The number of hydrogen-bond acceptors (Lipinski definition) is 3. The van der Waals surface area contributed by atoms with Gasteiger partial charge in [-0.05, 0) is 41.5 Å². The molecule has 0 aromatic rings. The number of rotatable bonds is 3. The highest BCUT2D eigenvalue weighted by atomic mass is 32.2. The van der Waals surface area contributed by atoms with Crippen LogP contribution in [0.4, 0.5) is 0 Å². The van der Waals surface area contributed by atoms with E-state index in [0.717, 1.165) is 0 Å². The predicted molar refractivity (Wildman–Crippen MR) is 55.8 cm³/mol. The molecule has 6 heteroatoms. The minimum atomic E-state index is -3.59. The molecule has 86 valence electrons. The summed E-state index contributed by atoms with van der Waals surface area (Å²) in [7, 11) is -3.59. The van der Waals surface area contributed by atoms with Gasteiger partial charge in [0.05, 0.1) is 5.60 Å². The maximum atomic E-state index is 11.3. The van der Waals surface area contributed by atoms with Crippen molar-refractivity contribution in [3.63, 3.8) is 0 Å². The zero-order chi connectivity index (χ0) is 11.6. The first-order valence-electron chi connectivity index (χ1n) is 4.40. The first-order chi connectivity index (χ1) is 5.91. The second-order valence-electron chi connectivity index (χ2n) is 5.15. The predicted octanol–water partition coefficient (Wildman–Crippen LogP) is 0.939. The molecule has 0 aliphatic heterocycles. The Kier molecular flexibility index (Phi) is 4.09. The molecule has 0 fully saturated rings. The summed E-state index contributed by atoms with van der Waals surface area (Å²) in [6.07, 6.45) is 0. The third-order valence-corrected chi connectivity index (χ3v) is 2.08. The van der Waals surface area contributed by atoms with E-state index in [9.17, 15) is 8.42 Å². The van der Waals surface area contributed by atoms with Gasteiger partial charge in [0.2, 0.25) is 0 Å². The van der Waals surface area contributed by atoms with Gasteiger partial charge < -0.3 is 0 Å². The van der Waals surface area contributed by atoms with Gasteiger partial charge in [0, 0.05) is 5.54 Å². The van der Waals surface area contributed by atoms with Gasteiger partial charge in [-0.2, -0.15) is 13.1 Å². The quantitative estimate of drug-likeness (QED) is 0.701. The van der Waals surface area contributed by atoms with Gasteiger partial charge >= 0.3 is 0 Å². The summed E-state index contributed by atoms with van der Waals surface area (Å²) >= 11 is 0. The van der Waals surface area contributed by atoms with Gasteiger partial charge in [-0.15, -0.1) is 0 Å². The highest BCUT2D eigenvalue weighted by molar-refractivity contribution is 7.87. The molecule has 14 heavy (non-hydrogen) atoms. The summed E-state index contributed by atoms with van der Waals surface area (Å²) in [5, 5.41) is 0. The minimum Gasteiger partial charge on any atom is -0.280 e. The monoisotopic (exact) mass is 224 g/mol. The van der Waals surface area contributed by atoms with Crippen molar-refractivity contribution in [3.05, 3.63) is 0 Å². The zero-order valence-electron chi connectivity index (χ0n) is 9.63. The Morgan fingerprint density at radius 2 is 1.43 bits per heavy atom. The van der Waals surface area contributed by atoms with Crippen LogP contribution in [0.2, 0.25) is 0 Å². The summed E-state index contributed by atoms with van der Waals surface area (Å²) in [6, 6.07) is 0. The topological polar surface area (TPSA) is 67.4 Å². The first kappa shape index (κ1) is 13.8. The summed E-state index contributed by atoms with van der Waals surface area (Å²) < 4.78 is 25.1. The largest absolute Gasteiger partial charge is 0.299 e. The van der Waals surface area contributed by atoms with Crippen LogP contribution in [0.25, 0.3) is 0 Å². The minimum absolute atomic E-state index is 0.521. The van der Waals surface area contributed by atoms with Crippen molar-refractivity contribution in [1.82, 2.24) is 9.61 Å². The average Bonchev–Trinajstić information content (AvgIpc) is 1.76. The van der Waals surface area contributed by atoms with Crippen molar-refractivity contribution in [3.8, 4) is 0 Å². The van der Waals surface area contributed by atoms with Crippen molar-refractivity contribution in [2.75, 3.05) is 0 Å². The molecule has 0 atom stereocenters. The molecule has 2 N–H and O–H groups in total. The van der Waals surface area contributed by atoms with Crippen LogP contribution in [0.5, 0.6) is 0 Å². The molecule has 0 aliphatic carbocycles. The van der Waals surface area contributed by atoms with E-state index in [1.165, 1.54) is 0 Å². The number of nitrogens with one attached hydrogen (secondary N) is 2. The molecular weight excluding hydrogens is 204 g/mol. The summed E-state index contributed by atoms with van der Waals surface area (Å²) in [4.78, 5) is 6.96. The van der Waals surface area contributed by atoms with E-state index in [1.54, 1.807) is 41.5 Å². The Labute approximate surface area is 86.4 Å². The number of hydrogen-bond donors (Lipinski definition) is 2. The molecule has 0 aromatic heterocycles. The lowest BCUT2D eigenvalue weighted by atomic mass is 10.1. The van der Waals surface area contributed by atoms with Gasteiger partial charge in [-0.25, -0.2) is 0 Å². The SMILES string of the molecule is CC(C)(C)NS(=O)(=O)NOC(C)(C)C. The van der Waals surface area contributed by atoms with Gasteiger partial charge in [0.25, 0.3) is 10.2 Å². The molecule has 0 heterocycles.